The summed E-state index contributed by atoms with van der Waals surface area (Å²) in [6, 6.07) is 0. The number of unbranched alkanes of at least 4 members (excludes halogenated alkanes) is 3. The van der Waals surface area contributed by atoms with Crippen molar-refractivity contribution in [2.75, 3.05) is 26.4 Å². The van der Waals surface area contributed by atoms with E-state index in [1.165, 1.54) is 0 Å². The smallest absolute Gasteiger partial charge is 0.308 e. The number of aliphatic hydroxyl groups is 1. The molecule has 0 aromatic carbocycles. The van der Waals surface area contributed by atoms with E-state index in [2.05, 4.69) is 6.92 Å². The van der Waals surface area contributed by atoms with Crippen LogP contribution in [0.3, 0.4) is 0 Å². The van der Waals surface area contributed by atoms with Crippen molar-refractivity contribution in [3.05, 3.63) is 0 Å². The highest BCUT2D eigenvalue weighted by molar-refractivity contribution is 5.69. The van der Waals surface area contributed by atoms with E-state index in [-0.39, 0.29) is 12.6 Å². The maximum atomic E-state index is 11.3. The van der Waals surface area contributed by atoms with E-state index in [0.29, 0.717) is 26.2 Å². The molecule has 1 unspecified atom stereocenters. The summed E-state index contributed by atoms with van der Waals surface area (Å²) in [6.07, 6.45) is 3.26. The van der Waals surface area contributed by atoms with Crippen LogP contribution in [0.25, 0.3) is 0 Å². The van der Waals surface area contributed by atoms with Crippen LogP contribution >= 0.6 is 0 Å². The number of ether oxygens (including phenoxy) is 3. The van der Waals surface area contributed by atoms with Gasteiger partial charge in [0.25, 0.3) is 0 Å². The number of esters is 1. The SMILES string of the molecule is CCCCCCC(=O)OC(O)COCCOCC. The highest BCUT2D eigenvalue weighted by Crippen LogP contribution is 2.04. The fraction of sp³-hybridized carbons (Fsp3) is 0.923. The summed E-state index contributed by atoms with van der Waals surface area (Å²) in [5.41, 5.74) is 0. The lowest BCUT2D eigenvalue weighted by molar-refractivity contribution is -0.177. The number of carbonyl (C=O) groups is 1. The number of aliphatic hydroxyl groups excluding tert-OH is 1. The minimum atomic E-state index is -1.18. The Labute approximate surface area is 109 Å². The molecule has 0 heterocycles. The molecule has 1 atom stereocenters. The fourth-order valence-electron chi connectivity index (χ4n) is 1.39. The molecular formula is C13H26O5. The Balaban J connectivity index is 3.37. The van der Waals surface area contributed by atoms with Gasteiger partial charge in [-0.2, -0.15) is 0 Å². The first-order valence-corrected chi connectivity index (χ1v) is 6.73. The van der Waals surface area contributed by atoms with E-state index >= 15 is 0 Å². The summed E-state index contributed by atoms with van der Waals surface area (Å²) in [4.78, 5) is 11.3. The first-order chi connectivity index (χ1) is 8.70. The van der Waals surface area contributed by atoms with E-state index < -0.39 is 6.29 Å². The molecule has 1 N–H and O–H groups in total. The molecule has 0 radical (unpaired) electrons. The van der Waals surface area contributed by atoms with E-state index in [0.717, 1.165) is 25.7 Å². The minimum absolute atomic E-state index is 0.00618. The third-order valence-electron chi connectivity index (χ3n) is 2.34. The molecule has 0 spiro atoms. The molecular weight excluding hydrogens is 236 g/mol. The molecule has 0 bridgehead atoms. The second kappa shape index (κ2) is 12.8. The van der Waals surface area contributed by atoms with Gasteiger partial charge in [0.1, 0.15) is 6.61 Å². The lowest BCUT2D eigenvalue weighted by Crippen LogP contribution is -2.23. The Kier molecular flexibility index (Phi) is 12.3. The van der Waals surface area contributed by atoms with Crippen molar-refractivity contribution < 1.29 is 24.1 Å². The lowest BCUT2D eigenvalue weighted by Gasteiger charge is -2.12. The molecule has 5 nitrogen and oxygen atoms in total. The summed E-state index contributed by atoms with van der Waals surface area (Å²) in [7, 11) is 0. The van der Waals surface area contributed by atoms with Gasteiger partial charge < -0.3 is 19.3 Å². The molecule has 0 aliphatic carbocycles. The van der Waals surface area contributed by atoms with Crippen LogP contribution < -0.4 is 0 Å². The Morgan fingerprint density at radius 3 is 2.50 bits per heavy atom. The molecule has 18 heavy (non-hydrogen) atoms. The molecule has 108 valence electrons. The number of hydrogen-bond acceptors (Lipinski definition) is 5. The predicted molar refractivity (Wildman–Crippen MR) is 68.2 cm³/mol. The second-order valence-corrected chi connectivity index (χ2v) is 4.03. The molecule has 0 aromatic heterocycles. The zero-order valence-electron chi connectivity index (χ0n) is 11.5. The van der Waals surface area contributed by atoms with E-state index in [1.54, 1.807) is 0 Å². The van der Waals surface area contributed by atoms with Crippen LogP contribution in [0.15, 0.2) is 0 Å². The molecule has 0 amide bonds. The van der Waals surface area contributed by atoms with Crippen LogP contribution in [0.4, 0.5) is 0 Å². The van der Waals surface area contributed by atoms with Gasteiger partial charge in [-0.3, -0.25) is 4.79 Å². The Hall–Kier alpha value is -0.650. The highest BCUT2D eigenvalue weighted by atomic mass is 16.7. The molecule has 0 aliphatic rings. The van der Waals surface area contributed by atoms with Crippen molar-refractivity contribution in [1.82, 2.24) is 0 Å². The summed E-state index contributed by atoms with van der Waals surface area (Å²) in [5.74, 6) is -0.369. The van der Waals surface area contributed by atoms with E-state index in [1.807, 2.05) is 6.92 Å². The molecule has 0 aromatic rings. The lowest BCUT2D eigenvalue weighted by atomic mass is 10.2. The van der Waals surface area contributed by atoms with E-state index in [4.69, 9.17) is 14.2 Å². The molecule has 0 saturated carbocycles. The standard InChI is InChI=1S/C13H26O5/c1-3-5-6-7-8-12(14)18-13(15)11-17-10-9-16-4-2/h13,15H,3-11H2,1-2H3. The Morgan fingerprint density at radius 1 is 1.11 bits per heavy atom. The van der Waals surface area contributed by atoms with Crippen LogP contribution in [0.1, 0.15) is 46.0 Å². The van der Waals surface area contributed by atoms with Crippen molar-refractivity contribution >= 4 is 5.97 Å². The van der Waals surface area contributed by atoms with Gasteiger partial charge in [-0.15, -0.1) is 0 Å². The number of hydrogen-bond donors (Lipinski definition) is 1. The third-order valence-corrected chi connectivity index (χ3v) is 2.34. The van der Waals surface area contributed by atoms with E-state index in [9.17, 15) is 9.90 Å². The molecule has 5 heteroatoms. The Morgan fingerprint density at radius 2 is 1.83 bits per heavy atom. The van der Waals surface area contributed by atoms with Crippen molar-refractivity contribution in [1.29, 1.82) is 0 Å². The largest absolute Gasteiger partial charge is 0.433 e. The zero-order valence-corrected chi connectivity index (χ0v) is 11.5. The summed E-state index contributed by atoms with van der Waals surface area (Å²) < 4.78 is 14.9. The molecule has 0 fully saturated rings. The summed E-state index contributed by atoms with van der Waals surface area (Å²) in [6.45, 7) is 5.51. The average molecular weight is 262 g/mol. The zero-order chi connectivity index (χ0) is 13.6. The normalized spacial score (nSPS) is 12.4. The first kappa shape index (κ1) is 17.4. The van der Waals surface area contributed by atoms with Gasteiger partial charge in [-0.1, -0.05) is 26.2 Å². The highest BCUT2D eigenvalue weighted by Gasteiger charge is 2.10. The van der Waals surface area contributed by atoms with Crippen LogP contribution in [-0.2, 0) is 19.0 Å². The van der Waals surface area contributed by atoms with Crippen LogP contribution in [-0.4, -0.2) is 43.8 Å². The number of rotatable bonds is 12. The number of carbonyl (C=O) groups excluding carboxylic acids is 1. The van der Waals surface area contributed by atoms with Crippen molar-refractivity contribution in [2.45, 2.75) is 52.2 Å². The van der Waals surface area contributed by atoms with Gasteiger partial charge in [-0.05, 0) is 13.3 Å². The fourth-order valence-corrected chi connectivity index (χ4v) is 1.39. The maximum Gasteiger partial charge on any atom is 0.308 e. The Bertz CT molecular complexity index is 196. The summed E-state index contributed by atoms with van der Waals surface area (Å²) >= 11 is 0. The topological polar surface area (TPSA) is 65.0 Å². The third kappa shape index (κ3) is 11.8. The molecule has 0 rings (SSSR count). The van der Waals surface area contributed by atoms with Gasteiger partial charge >= 0.3 is 5.97 Å². The van der Waals surface area contributed by atoms with Gasteiger partial charge in [0.2, 0.25) is 6.29 Å². The monoisotopic (exact) mass is 262 g/mol. The quantitative estimate of drug-likeness (QED) is 0.330. The van der Waals surface area contributed by atoms with Crippen LogP contribution in [0, 0.1) is 0 Å². The van der Waals surface area contributed by atoms with Crippen molar-refractivity contribution in [3.8, 4) is 0 Å². The molecule has 0 saturated heterocycles. The average Bonchev–Trinajstić information content (AvgIpc) is 2.34. The van der Waals surface area contributed by atoms with Crippen molar-refractivity contribution in [2.24, 2.45) is 0 Å². The van der Waals surface area contributed by atoms with Crippen molar-refractivity contribution in [3.63, 3.8) is 0 Å². The molecule has 0 aliphatic heterocycles. The van der Waals surface area contributed by atoms with Gasteiger partial charge in [0.05, 0.1) is 13.2 Å². The minimum Gasteiger partial charge on any atom is -0.433 e. The van der Waals surface area contributed by atoms with Gasteiger partial charge in [-0.25, -0.2) is 0 Å². The maximum absolute atomic E-state index is 11.3. The second-order valence-electron chi connectivity index (χ2n) is 4.03. The van der Waals surface area contributed by atoms with Gasteiger partial charge in [0.15, 0.2) is 0 Å². The summed E-state index contributed by atoms with van der Waals surface area (Å²) in [5, 5.41) is 9.37. The van der Waals surface area contributed by atoms with Crippen LogP contribution in [0.5, 0.6) is 0 Å². The van der Waals surface area contributed by atoms with Gasteiger partial charge in [0, 0.05) is 13.0 Å². The van der Waals surface area contributed by atoms with Crippen LogP contribution in [0.2, 0.25) is 0 Å². The first-order valence-electron chi connectivity index (χ1n) is 6.73. The predicted octanol–water partition coefficient (Wildman–Crippen LogP) is 1.87.